The lowest BCUT2D eigenvalue weighted by atomic mass is 10.0. The smallest absolute Gasteiger partial charge is 0.260 e. The van der Waals surface area contributed by atoms with Gasteiger partial charge >= 0.3 is 0 Å². The third-order valence-electron chi connectivity index (χ3n) is 6.13. The van der Waals surface area contributed by atoms with Crippen LogP contribution in [-0.4, -0.2) is 54.4 Å². The summed E-state index contributed by atoms with van der Waals surface area (Å²) in [7, 11) is 0. The van der Waals surface area contributed by atoms with Crippen LogP contribution in [0.1, 0.15) is 17.9 Å². The van der Waals surface area contributed by atoms with E-state index >= 15 is 0 Å². The summed E-state index contributed by atoms with van der Waals surface area (Å²) in [4.78, 5) is 45.8. The maximum atomic E-state index is 13.7. The highest BCUT2D eigenvalue weighted by Crippen LogP contribution is 2.31. The minimum absolute atomic E-state index is 0.0428. The molecule has 0 saturated carbocycles. The third kappa shape index (κ3) is 4.52. The van der Waals surface area contributed by atoms with Crippen molar-refractivity contribution < 1.29 is 4.79 Å². The summed E-state index contributed by atoms with van der Waals surface area (Å²) in [5.74, 6) is 0.338. The normalized spacial score (nSPS) is 15.7. The van der Waals surface area contributed by atoms with Crippen LogP contribution < -0.4 is 11.3 Å². The van der Waals surface area contributed by atoms with E-state index in [0.717, 1.165) is 17.7 Å². The highest BCUT2D eigenvalue weighted by Gasteiger charge is 2.25. The number of amides is 1. The highest BCUT2D eigenvalue weighted by atomic mass is 35.5. The zero-order valence-corrected chi connectivity index (χ0v) is 20.2. The number of aryl methyl sites for hydroxylation is 2. The quantitative estimate of drug-likeness (QED) is 0.468. The lowest BCUT2D eigenvalue weighted by Gasteiger charge is -2.18. The van der Waals surface area contributed by atoms with Crippen molar-refractivity contribution in [3.63, 3.8) is 0 Å². The molecule has 10 heteroatoms. The van der Waals surface area contributed by atoms with Crippen LogP contribution in [-0.2, 0) is 11.3 Å². The van der Waals surface area contributed by atoms with Gasteiger partial charge in [-0.2, -0.15) is 0 Å². The van der Waals surface area contributed by atoms with Crippen LogP contribution in [0.2, 0.25) is 5.02 Å². The van der Waals surface area contributed by atoms with Gasteiger partial charge in [0.05, 0.1) is 17.6 Å². The van der Waals surface area contributed by atoms with Crippen molar-refractivity contribution in [1.82, 2.24) is 29.4 Å². The molecule has 5 rings (SSSR count). The van der Waals surface area contributed by atoms with Crippen LogP contribution in [0.15, 0.2) is 47.7 Å². The summed E-state index contributed by atoms with van der Waals surface area (Å²) in [5.41, 5.74) is 9.21. The molecule has 0 bridgehead atoms. The first kappa shape index (κ1) is 23.1. The molecule has 0 unspecified atom stereocenters. The number of hydrogen-bond donors (Lipinski definition) is 1. The monoisotopic (exact) mass is 489 g/mol. The fraction of sp³-hybridized carbons (Fsp3) is 0.280. The molecule has 178 valence electrons. The number of benzene rings is 1. The highest BCUT2D eigenvalue weighted by molar-refractivity contribution is 6.33. The molecule has 35 heavy (non-hydrogen) atoms. The largest absolute Gasteiger partial charge is 0.340 e. The standard InChI is InChI=1S/C25H24ClN7O2/c1-14-9-28-11-22(30-14)16-3-4-19(21(26)8-16)20-7-17-10-29-15(2)31-24(17)33(25(20)35)13-23(34)32-6-5-18(27)12-32/h3-4,7-11,18H,5-6,12-13,27H2,1-2H3/t18-/m1/s1. The molecule has 0 radical (unpaired) electrons. The Hall–Kier alpha value is -3.69. The third-order valence-corrected chi connectivity index (χ3v) is 6.44. The van der Waals surface area contributed by atoms with Crippen LogP contribution in [0, 0.1) is 13.8 Å². The number of carbonyl (C=O) groups excluding carboxylic acids is 1. The molecule has 4 aromatic rings. The zero-order chi connectivity index (χ0) is 24.7. The van der Waals surface area contributed by atoms with E-state index in [1.165, 1.54) is 4.57 Å². The molecular weight excluding hydrogens is 466 g/mol. The van der Waals surface area contributed by atoms with E-state index in [1.807, 2.05) is 13.0 Å². The van der Waals surface area contributed by atoms with Gasteiger partial charge in [0.15, 0.2) is 0 Å². The Kier molecular flexibility index (Phi) is 6.04. The van der Waals surface area contributed by atoms with Gasteiger partial charge in [0, 0.05) is 58.6 Å². The minimum Gasteiger partial charge on any atom is -0.340 e. The molecule has 1 atom stereocenters. The SMILES string of the molecule is Cc1cncc(-c2ccc(-c3cc4cnc(C)nc4n(CC(=O)N4CC[C@@H](N)C4)c3=O)c(Cl)c2)n1. The van der Waals surface area contributed by atoms with Gasteiger partial charge in [-0.1, -0.05) is 23.7 Å². The first-order valence-electron chi connectivity index (χ1n) is 11.3. The first-order valence-corrected chi connectivity index (χ1v) is 11.7. The molecule has 4 heterocycles. The second kappa shape index (κ2) is 9.16. The number of nitrogens with two attached hydrogens (primary N) is 1. The second-order valence-corrected chi connectivity index (χ2v) is 9.18. The van der Waals surface area contributed by atoms with Crippen molar-refractivity contribution in [2.75, 3.05) is 13.1 Å². The molecule has 1 saturated heterocycles. The molecule has 1 aromatic carbocycles. The fourth-order valence-corrected chi connectivity index (χ4v) is 4.61. The number of pyridine rings is 1. The van der Waals surface area contributed by atoms with Crippen molar-refractivity contribution in [2.24, 2.45) is 5.73 Å². The van der Waals surface area contributed by atoms with Crippen LogP contribution in [0.4, 0.5) is 0 Å². The maximum absolute atomic E-state index is 13.7. The average molecular weight is 490 g/mol. The lowest BCUT2D eigenvalue weighted by Crippen LogP contribution is -2.37. The Labute approximate surface area is 206 Å². The number of fused-ring (bicyclic) bond motifs is 1. The topological polar surface area (TPSA) is 120 Å². The molecule has 2 N–H and O–H groups in total. The number of carbonyl (C=O) groups is 1. The minimum atomic E-state index is -0.350. The van der Waals surface area contributed by atoms with Crippen molar-refractivity contribution >= 4 is 28.5 Å². The Bertz CT molecular complexity index is 1520. The van der Waals surface area contributed by atoms with Gasteiger partial charge in [-0.25, -0.2) is 15.0 Å². The van der Waals surface area contributed by atoms with E-state index < -0.39 is 0 Å². The van der Waals surface area contributed by atoms with Crippen molar-refractivity contribution in [3.8, 4) is 22.4 Å². The molecule has 3 aromatic heterocycles. The van der Waals surface area contributed by atoms with Crippen molar-refractivity contribution in [2.45, 2.75) is 32.9 Å². The van der Waals surface area contributed by atoms with Crippen LogP contribution in [0.5, 0.6) is 0 Å². The van der Waals surface area contributed by atoms with Gasteiger partial charge in [-0.05, 0) is 32.4 Å². The molecule has 1 amide bonds. The molecule has 9 nitrogen and oxygen atoms in total. The predicted octanol–water partition coefficient (Wildman–Crippen LogP) is 2.75. The molecule has 0 aliphatic carbocycles. The lowest BCUT2D eigenvalue weighted by molar-refractivity contribution is -0.130. The van der Waals surface area contributed by atoms with Gasteiger partial charge in [-0.15, -0.1) is 0 Å². The van der Waals surface area contributed by atoms with Gasteiger partial charge in [0.25, 0.3) is 5.56 Å². The summed E-state index contributed by atoms with van der Waals surface area (Å²) >= 11 is 6.66. The summed E-state index contributed by atoms with van der Waals surface area (Å²) < 4.78 is 1.40. The Balaban J connectivity index is 1.61. The predicted molar refractivity (Wildman–Crippen MR) is 134 cm³/mol. The zero-order valence-electron chi connectivity index (χ0n) is 19.4. The summed E-state index contributed by atoms with van der Waals surface area (Å²) in [6.07, 6.45) is 5.74. The van der Waals surface area contributed by atoms with Gasteiger partial charge in [-0.3, -0.25) is 19.1 Å². The van der Waals surface area contributed by atoms with E-state index in [1.54, 1.807) is 48.6 Å². The van der Waals surface area contributed by atoms with E-state index in [9.17, 15) is 9.59 Å². The van der Waals surface area contributed by atoms with E-state index in [2.05, 4.69) is 19.9 Å². The maximum Gasteiger partial charge on any atom is 0.260 e. The number of hydrogen-bond acceptors (Lipinski definition) is 7. The second-order valence-electron chi connectivity index (χ2n) is 8.77. The molecule has 0 spiro atoms. The van der Waals surface area contributed by atoms with E-state index in [4.69, 9.17) is 17.3 Å². The fourth-order valence-electron chi connectivity index (χ4n) is 4.33. The Morgan fingerprint density at radius 1 is 1.14 bits per heavy atom. The Morgan fingerprint density at radius 3 is 2.69 bits per heavy atom. The van der Waals surface area contributed by atoms with Crippen molar-refractivity contribution in [3.05, 3.63) is 69.8 Å². The van der Waals surface area contributed by atoms with Crippen LogP contribution >= 0.6 is 11.6 Å². The van der Waals surface area contributed by atoms with Crippen molar-refractivity contribution in [1.29, 1.82) is 0 Å². The molecule has 1 fully saturated rings. The number of halogens is 1. The number of likely N-dealkylation sites (tertiary alicyclic amines) is 1. The van der Waals surface area contributed by atoms with Gasteiger partial charge < -0.3 is 10.6 Å². The van der Waals surface area contributed by atoms with Crippen LogP contribution in [0.25, 0.3) is 33.4 Å². The van der Waals surface area contributed by atoms with Crippen LogP contribution in [0.3, 0.4) is 0 Å². The number of nitrogens with zero attached hydrogens (tertiary/aromatic N) is 6. The number of aromatic nitrogens is 5. The molecule has 1 aliphatic rings. The Morgan fingerprint density at radius 2 is 1.97 bits per heavy atom. The molecular formula is C25H24ClN7O2. The number of rotatable bonds is 4. The summed E-state index contributed by atoms with van der Waals surface area (Å²) in [5, 5.41) is 1.03. The van der Waals surface area contributed by atoms with E-state index in [0.29, 0.717) is 51.8 Å². The van der Waals surface area contributed by atoms with Gasteiger partial charge in [0.2, 0.25) is 5.91 Å². The first-order chi connectivity index (χ1) is 16.8. The van der Waals surface area contributed by atoms with Gasteiger partial charge in [0.1, 0.15) is 18.0 Å². The van der Waals surface area contributed by atoms with E-state index in [-0.39, 0.29) is 24.1 Å². The average Bonchev–Trinajstić information content (AvgIpc) is 3.27. The molecule has 1 aliphatic heterocycles. The summed E-state index contributed by atoms with van der Waals surface area (Å²) in [6.45, 7) is 4.53. The summed E-state index contributed by atoms with van der Waals surface area (Å²) in [6, 6.07) is 7.07.